The lowest BCUT2D eigenvalue weighted by molar-refractivity contribution is -0.148. The molecule has 0 aliphatic carbocycles. The van der Waals surface area contributed by atoms with Gasteiger partial charge in [-0.15, -0.1) is 0 Å². The van der Waals surface area contributed by atoms with Gasteiger partial charge in [-0.2, -0.15) is 0 Å². The Morgan fingerprint density at radius 3 is 2.76 bits per heavy atom. The fourth-order valence-electron chi connectivity index (χ4n) is 3.28. The van der Waals surface area contributed by atoms with Crippen LogP contribution in [0.15, 0.2) is 24.3 Å². The summed E-state index contributed by atoms with van der Waals surface area (Å²) in [6.45, 7) is 2.78. The van der Waals surface area contributed by atoms with Gasteiger partial charge in [0.05, 0.1) is 6.54 Å². The van der Waals surface area contributed by atoms with Crippen LogP contribution in [0.2, 0.25) is 0 Å². The summed E-state index contributed by atoms with van der Waals surface area (Å²) >= 11 is 0. The van der Waals surface area contributed by atoms with E-state index in [1.807, 2.05) is 24.3 Å². The molecule has 2 aliphatic rings. The Balaban J connectivity index is 1.83. The second kappa shape index (κ2) is 5.15. The smallest absolute Gasteiger partial charge is 0.260 e. The van der Waals surface area contributed by atoms with Crippen LogP contribution in [0.25, 0.3) is 0 Å². The van der Waals surface area contributed by atoms with Crippen LogP contribution in [0.5, 0.6) is 0 Å². The summed E-state index contributed by atoms with van der Waals surface area (Å²) in [4.78, 5) is 27.5. The molecule has 1 aromatic rings. The molecule has 2 aliphatic heterocycles. The van der Waals surface area contributed by atoms with Gasteiger partial charge in [0.2, 0.25) is 5.91 Å². The molecule has 1 aromatic carbocycles. The Morgan fingerprint density at radius 2 is 2.00 bits per heavy atom. The van der Waals surface area contributed by atoms with Crippen LogP contribution in [0.4, 0.5) is 5.69 Å². The largest absolute Gasteiger partial charge is 0.378 e. The Labute approximate surface area is 124 Å². The number of hydrogen-bond donors (Lipinski definition) is 1. The Bertz CT molecular complexity index is 587. The Kier molecular flexibility index (Phi) is 3.45. The molecule has 5 heteroatoms. The molecule has 1 atom stereocenters. The summed E-state index contributed by atoms with van der Waals surface area (Å²) in [6.07, 6.45) is 1.88. The van der Waals surface area contributed by atoms with Crippen molar-refractivity contribution in [3.8, 4) is 0 Å². The maximum atomic E-state index is 12.8. The minimum atomic E-state index is -1.46. The van der Waals surface area contributed by atoms with E-state index in [9.17, 15) is 14.7 Å². The van der Waals surface area contributed by atoms with Crippen molar-refractivity contribution in [3.05, 3.63) is 29.8 Å². The van der Waals surface area contributed by atoms with Crippen molar-refractivity contribution in [1.82, 2.24) is 4.90 Å². The number of fused-ring (bicyclic) bond motifs is 1. The average molecular weight is 288 g/mol. The molecule has 1 fully saturated rings. The van der Waals surface area contributed by atoms with Crippen LogP contribution in [-0.4, -0.2) is 47.1 Å². The third-order valence-electron chi connectivity index (χ3n) is 4.45. The van der Waals surface area contributed by atoms with Crippen molar-refractivity contribution in [3.63, 3.8) is 0 Å². The highest BCUT2D eigenvalue weighted by molar-refractivity contribution is 6.01. The summed E-state index contributed by atoms with van der Waals surface area (Å²) in [5.41, 5.74) is 0.561. The second-order valence-corrected chi connectivity index (χ2v) is 5.91. The second-order valence-electron chi connectivity index (χ2n) is 5.91. The number of piperidine rings is 1. The molecular weight excluding hydrogens is 268 g/mol. The molecule has 2 amide bonds. The van der Waals surface area contributed by atoms with E-state index in [-0.39, 0.29) is 18.4 Å². The van der Waals surface area contributed by atoms with Crippen molar-refractivity contribution in [2.24, 2.45) is 0 Å². The predicted octanol–water partition coefficient (Wildman–Crippen LogP) is 0.949. The van der Waals surface area contributed by atoms with Crippen molar-refractivity contribution in [2.45, 2.75) is 31.8 Å². The molecule has 1 saturated heterocycles. The number of amides is 2. The number of anilines is 1. The van der Waals surface area contributed by atoms with Crippen LogP contribution in [-0.2, 0) is 16.0 Å². The molecule has 0 aromatic heterocycles. The fraction of sp³-hybridized carbons (Fsp3) is 0.500. The van der Waals surface area contributed by atoms with Crippen molar-refractivity contribution in [2.75, 3.05) is 24.5 Å². The molecule has 5 nitrogen and oxygen atoms in total. The Morgan fingerprint density at radius 1 is 1.24 bits per heavy atom. The van der Waals surface area contributed by atoms with E-state index < -0.39 is 5.60 Å². The number of aliphatic hydroxyl groups is 1. The molecule has 3 rings (SSSR count). The van der Waals surface area contributed by atoms with E-state index in [1.165, 1.54) is 6.92 Å². The minimum absolute atomic E-state index is 0.0947. The monoisotopic (exact) mass is 288 g/mol. The first kappa shape index (κ1) is 14.1. The summed E-state index contributed by atoms with van der Waals surface area (Å²) < 4.78 is 0. The van der Waals surface area contributed by atoms with Crippen LogP contribution in [0.1, 0.15) is 25.3 Å². The average Bonchev–Trinajstić information content (AvgIpc) is 2.90. The topological polar surface area (TPSA) is 60.9 Å². The van der Waals surface area contributed by atoms with Gasteiger partial charge in [0.15, 0.2) is 5.60 Å². The van der Waals surface area contributed by atoms with Crippen LogP contribution in [0, 0.1) is 0 Å². The molecule has 0 radical (unpaired) electrons. The third-order valence-corrected chi connectivity index (χ3v) is 4.45. The summed E-state index contributed by atoms with van der Waals surface area (Å²) in [5, 5.41) is 10.8. The number of β-amino-alcohol motifs (C(OH)–C–C–N with tert-alkyl or cyclic N) is 1. The van der Waals surface area contributed by atoms with Gasteiger partial charge in [-0.1, -0.05) is 18.2 Å². The number of carbonyl (C=O) groups is 2. The van der Waals surface area contributed by atoms with Crippen LogP contribution in [0.3, 0.4) is 0 Å². The number of hydrogen-bond acceptors (Lipinski definition) is 3. The molecular formula is C16H20N2O3. The van der Waals surface area contributed by atoms with E-state index in [0.29, 0.717) is 25.9 Å². The van der Waals surface area contributed by atoms with Crippen molar-refractivity contribution in [1.29, 1.82) is 0 Å². The van der Waals surface area contributed by atoms with Gasteiger partial charge in [0.1, 0.15) is 0 Å². The number of likely N-dealkylation sites (tertiary alicyclic amines) is 1. The Hall–Kier alpha value is -1.88. The molecule has 0 bridgehead atoms. The lowest BCUT2D eigenvalue weighted by Crippen LogP contribution is -2.58. The SMILES string of the molecule is CC(=O)N1CCCC(O)(C(=O)N2CCc3ccccc32)C1. The van der Waals surface area contributed by atoms with Gasteiger partial charge >= 0.3 is 0 Å². The molecule has 1 N–H and O–H groups in total. The highest BCUT2D eigenvalue weighted by Crippen LogP contribution is 2.32. The van der Waals surface area contributed by atoms with Gasteiger partial charge in [0, 0.05) is 25.7 Å². The maximum absolute atomic E-state index is 12.8. The zero-order valence-electron chi connectivity index (χ0n) is 12.2. The van der Waals surface area contributed by atoms with Crippen molar-refractivity contribution < 1.29 is 14.7 Å². The summed E-state index contributed by atoms with van der Waals surface area (Å²) in [5.74, 6) is -0.374. The number of para-hydroxylation sites is 1. The standard InChI is InChI=1S/C16H20N2O3/c1-12(19)17-9-4-8-16(21,11-17)15(20)18-10-7-13-5-2-3-6-14(13)18/h2-3,5-6,21H,4,7-11H2,1H3. The first-order valence-corrected chi connectivity index (χ1v) is 7.39. The molecule has 21 heavy (non-hydrogen) atoms. The first-order valence-electron chi connectivity index (χ1n) is 7.39. The normalized spacial score (nSPS) is 24.9. The molecule has 112 valence electrons. The third kappa shape index (κ3) is 2.42. The zero-order chi connectivity index (χ0) is 15.0. The maximum Gasteiger partial charge on any atom is 0.260 e. The lowest BCUT2D eigenvalue weighted by Gasteiger charge is -2.39. The first-order chi connectivity index (χ1) is 10.0. The van der Waals surface area contributed by atoms with E-state index in [0.717, 1.165) is 17.7 Å². The number of benzene rings is 1. The van der Waals surface area contributed by atoms with E-state index in [2.05, 4.69) is 0 Å². The van der Waals surface area contributed by atoms with Crippen molar-refractivity contribution >= 4 is 17.5 Å². The van der Waals surface area contributed by atoms with Gasteiger partial charge in [0.25, 0.3) is 5.91 Å². The number of carbonyl (C=O) groups excluding carboxylic acids is 2. The van der Waals surface area contributed by atoms with E-state index >= 15 is 0 Å². The lowest BCUT2D eigenvalue weighted by atomic mass is 9.91. The fourth-order valence-corrected chi connectivity index (χ4v) is 3.28. The highest BCUT2D eigenvalue weighted by atomic mass is 16.3. The summed E-state index contributed by atoms with van der Waals surface area (Å²) in [7, 11) is 0. The number of nitrogens with zero attached hydrogens (tertiary/aromatic N) is 2. The highest BCUT2D eigenvalue weighted by Gasteiger charge is 2.44. The van der Waals surface area contributed by atoms with Gasteiger partial charge < -0.3 is 14.9 Å². The molecule has 2 heterocycles. The summed E-state index contributed by atoms with van der Waals surface area (Å²) in [6, 6.07) is 7.78. The molecule has 0 spiro atoms. The zero-order valence-corrected chi connectivity index (χ0v) is 12.2. The van der Waals surface area contributed by atoms with Gasteiger partial charge in [-0.05, 0) is 30.9 Å². The van der Waals surface area contributed by atoms with E-state index in [1.54, 1.807) is 9.80 Å². The van der Waals surface area contributed by atoms with Gasteiger partial charge in [-0.3, -0.25) is 9.59 Å². The molecule has 1 unspecified atom stereocenters. The van der Waals surface area contributed by atoms with Gasteiger partial charge in [-0.25, -0.2) is 0 Å². The van der Waals surface area contributed by atoms with E-state index in [4.69, 9.17) is 0 Å². The van der Waals surface area contributed by atoms with Crippen LogP contribution >= 0.6 is 0 Å². The minimum Gasteiger partial charge on any atom is -0.378 e. The number of rotatable bonds is 1. The predicted molar refractivity (Wildman–Crippen MR) is 78.9 cm³/mol. The van der Waals surface area contributed by atoms with Crippen LogP contribution < -0.4 is 4.90 Å². The quantitative estimate of drug-likeness (QED) is 0.837. The molecule has 0 saturated carbocycles.